The standard InChI is InChI=1S/C13H22N4O3/c18-13-17(6-5-16-7-9-19-10-8-16)15-12(20-13)11-1-3-14-4-2-11/h11,14H,1-10H2. The van der Waals surface area contributed by atoms with Crippen LogP contribution in [0.4, 0.5) is 0 Å². The van der Waals surface area contributed by atoms with Crippen LogP contribution in [-0.2, 0) is 11.3 Å². The number of hydrogen-bond acceptors (Lipinski definition) is 6. The maximum Gasteiger partial charge on any atom is 0.437 e. The van der Waals surface area contributed by atoms with E-state index in [4.69, 9.17) is 9.15 Å². The fraction of sp³-hybridized carbons (Fsp3) is 0.846. The molecule has 112 valence electrons. The minimum absolute atomic E-state index is 0.286. The molecule has 0 amide bonds. The summed E-state index contributed by atoms with van der Waals surface area (Å²) in [7, 11) is 0. The van der Waals surface area contributed by atoms with Gasteiger partial charge in [0.25, 0.3) is 0 Å². The van der Waals surface area contributed by atoms with Crippen molar-refractivity contribution in [1.82, 2.24) is 20.0 Å². The van der Waals surface area contributed by atoms with Gasteiger partial charge in [0, 0.05) is 25.6 Å². The van der Waals surface area contributed by atoms with E-state index in [1.165, 1.54) is 4.68 Å². The predicted molar refractivity (Wildman–Crippen MR) is 72.9 cm³/mol. The molecule has 0 atom stereocenters. The lowest BCUT2D eigenvalue weighted by Crippen LogP contribution is -2.39. The van der Waals surface area contributed by atoms with Gasteiger partial charge in [0.15, 0.2) is 0 Å². The van der Waals surface area contributed by atoms with Gasteiger partial charge in [-0.1, -0.05) is 0 Å². The van der Waals surface area contributed by atoms with Crippen molar-refractivity contribution in [1.29, 1.82) is 0 Å². The molecule has 7 heteroatoms. The van der Waals surface area contributed by atoms with E-state index in [1.807, 2.05) is 0 Å². The number of aromatic nitrogens is 2. The Morgan fingerprint density at radius 1 is 1.20 bits per heavy atom. The highest BCUT2D eigenvalue weighted by molar-refractivity contribution is 4.92. The Hall–Kier alpha value is -1.18. The van der Waals surface area contributed by atoms with E-state index in [0.29, 0.717) is 12.4 Å². The molecule has 1 aromatic heterocycles. The molecular formula is C13H22N4O3. The second-order valence-corrected chi connectivity index (χ2v) is 5.41. The summed E-state index contributed by atoms with van der Waals surface area (Å²) in [6, 6.07) is 0. The molecule has 3 heterocycles. The Morgan fingerprint density at radius 2 is 1.95 bits per heavy atom. The zero-order valence-electron chi connectivity index (χ0n) is 11.7. The number of nitrogens with zero attached hydrogens (tertiary/aromatic N) is 3. The first-order valence-corrected chi connectivity index (χ1v) is 7.41. The highest BCUT2D eigenvalue weighted by Crippen LogP contribution is 2.22. The fourth-order valence-electron chi connectivity index (χ4n) is 2.76. The Morgan fingerprint density at radius 3 is 2.70 bits per heavy atom. The Balaban J connectivity index is 1.58. The van der Waals surface area contributed by atoms with Crippen LogP contribution in [0, 0.1) is 0 Å². The lowest BCUT2D eigenvalue weighted by molar-refractivity contribution is 0.0357. The average Bonchev–Trinajstić information content (AvgIpc) is 2.88. The van der Waals surface area contributed by atoms with Gasteiger partial charge in [-0.2, -0.15) is 4.68 Å². The van der Waals surface area contributed by atoms with Gasteiger partial charge in [-0.05, 0) is 25.9 Å². The first kappa shape index (κ1) is 13.8. The maximum atomic E-state index is 11.8. The third kappa shape index (κ3) is 3.28. The number of rotatable bonds is 4. The molecule has 0 aromatic carbocycles. The van der Waals surface area contributed by atoms with E-state index >= 15 is 0 Å². The quantitative estimate of drug-likeness (QED) is 0.813. The zero-order chi connectivity index (χ0) is 13.8. The van der Waals surface area contributed by atoms with Crippen molar-refractivity contribution in [3.8, 4) is 0 Å². The largest absolute Gasteiger partial charge is 0.437 e. The summed E-state index contributed by atoms with van der Waals surface area (Å²) in [6.07, 6.45) is 1.98. The molecule has 1 aromatic rings. The van der Waals surface area contributed by atoms with Gasteiger partial charge >= 0.3 is 5.76 Å². The summed E-state index contributed by atoms with van der Waals surface area (Å²) in [6.45, 7) is 6.74. The first-order valence-electron chi connectivity index (χ1n) is 7.41. The minimum atomic E-state index is -0.327. The number of morpholine rings is 1. The molecule has 3 rings (SSSR count). The van der Waals surface area contributed by atoms with Crippen molar-refractivity contribution in [3.63, 3.8) is 0 Å². The number of piperidine rings is 1. The SMILES string of the molecule is O=c1oc(C2CCNCC2)nn1CCN1CCOCC1. The van der Waals surface area contributed by atoms with Gasteiger partial charge in [-0.3, -0.25) is 4.90 Å². The van der Waals surface area contributed by atoms with Crippen LogP contribution < -0.4 is 11.1 Å². The van der Waals surface area contributed by atoms with Crippen molar-refractivity contribution in [3.05, 3.63) is 16.4 Å². The molecule has 0 unspecified atom stereocenters. The normalized spacial score (nSPS) is 22.2. The Labute approximate surface area is 117 Å². The van der Waals surface area contributed by atoms with E-state index in [9.17, 15) is 4.79 Å². The predicted octanol–water partition coefficient (Wildman–Crippen LogP) is -0.364. The van der Waals surface area contributed by atoms with Gasteiger partial charge in [0.2, 0.25) is 5.89 Å². The smallest absolute Gasteiger partial charge is 0.392 e. The van der Waals surface area contributed by atoms with Gasteiger partial charge < -0.3 is 14.5 Å². The van der Waals surface area contributed by atoms with Crippen LogP contribution in [0.2, 0.25) is 0 Å². The molecule has 0 radical (unpaired) electrons. The van der Waals surface area contributed by atoms with Crippen molar-refractivity contribution >= 4 is 0 Å². The molecule has 0 spiro atoms. The molecule has 0 aliphatic carbocycles. The lowest BCUT2D eigenvalue weighted by Gasteiger charge is -2.26. The zero-order valence-corrected chi connectivity index (χ0v) is 11.7. The summed E-state index contributed by atoms with van der Waals surface area (Å²) >= 11 is 0. The molecular weight excluding hydrogens is 260 g/mol. The summed E-state index contributed by atoms with van der Waals surface area (Å²) in [5.74, 6) is 0.568. The van der Waals surface area contributed by atoms with Crippen LogP contribution in [0.15, 0.2) is 9.21 Å². The summed E-state index contributed by atoms with van der Waals surface area (Å²) in [4.78, 5) is 14.1. The van der Waals surface area contributed by atoms with E-state index in [1.54, 1.807) is 0 Å². The van der Waals surface area contributed by atoms with E-state index < -0.39 is 0 Å². The van der Waals surface area contributed by atoms with E-state index in [0.717, 1.165) is 58.8 Å². The molecule has 20 heavy (non-hydrogen) atoms. The van der Waals surface area contributed by atoms with Crippen LogP contribution >= 0.6 is 0 Å². The van der Waals surface area contributed by atoms with Gasteiger partial charge in [-0.15, -0.1) is 5.10 Å². The number of ether oxygens (including phenoxy) is 1. The molecule has 2 aliphatic rings. The molecule has 7 nitrogen and oxygen atoms in total. The van der Waals surface area contributed by atoms with Crippen LogP contribution in [0.3, 0.4) is 0 Å². The molecule has 2 saturated heterocycles. The Kier molecular flexibility index (Phi) is 4.49. The second-order valence-electron chi connectivity index (χ2n) is 5.41. The third-order valence-corrected chi connectivity index (χ3v) is 4.04. The van der Waals surface area contributed by atoms with Crippen LogP contribution in [0.5, 0.6) is 0 Å². The van der Waals surface area contributed by atoms with Gasteiger partial charge in [0.1, 0.15) is 0 Å². The molecule has 1 N–H and O–H groups in total. The second kappa shape index (κ2) is 6.51. The average molecular weight is 282 g/mol. The Bertz CT molecular complexity index is 472. The lowest BCUT2D eigenvalue weighted by atomic mass is 9.98. The highest BCUT2D eigenvalue weighted by Gasteiger charge is 2.22. The third-order valence-electron chi connectivity index (χ3n) is 4.04. The highest BCUT2D eigenvalue weighted by atomic mass is 16.5. The summed E-state index contributed by atoms with van der Waals surface area (Å²) < 4.78 is 12.1. The first-order chi connectivity index (χ1) is 9.83. The molecule has 2 fully saturated rings. The van der Waals surface area contributed by atoms with Crippen molar-refractivity contribution in [2.45, 2.75) is 25.3 Å². The minimum Gasteiger partial charge on any atom is -0.392 e. The van der Waals surface area contributed by atoms with Crippen molar-refractivity contribution in [2.75, 3.05) is 45.9 Å². The van der Waals surface area contributed by atoms with Crippen LogP contribution in [-0.4, -0.2) is 60.6 Å². The fourth-order valence-corrected chi connectivity index (χ4v) is 2.76. The van der Waals surface area contributed by atoms with Crippen LogP contribution in [0.25, 0.3) is 0 Å². The van der Waals surface area contributed by atoms with Crippen LogP contribution in [0.1, 0.15) is 24.7 Å². The maximum absolute atomic E-state index is 11.8. The van der Waals surface area contributed by atoms with Crippen molar-refractivity contribution < 1.29 is 9.15 Å². The van der Waals surface area contributed by atoms with E-state index in [-0.39, 0.29) is 11.7 Å². The van der Waals surface area contributed by atoms with Gasteiger partial charge in [0.05, 0.1) is 19.8 Å². The summed E-state index contributed by atoms with van der Waals surface area (Å²) in [5.41, 5.74) is 0. The van der Waals surface area contributed by atoms with Gasteiger partial charge in [-0.25, -0.2) is 4.79 Å². The number of hydrogen-bond donors (Lipinski definition) is 1. The summed E-state index contributed by atoms with van der Waals surface area (Å²) in [5, 5.41) is 7.67. The molecule has 0 saturated carbocycles. The van der Waals surface area contributed by atoms with Crippen molar-refractivity contribution in [2.24, 2.45) is 0 Å². The monoisotopic (exact) mass is 282 g/mol. The number of nitrogens with one attached hydrogen (secondary N) is 1. The topological polar surface area (TPSA) is 72.5 Å². The molecule has 0 bridgehead atoms. The molecule has 2 aliphatic heterocycles. The van der Waals surface area contributed by atoms with E-state index in [2.05, 4.69) is 15.3 Å².